The average Bonchev–Trinajstić information content (AvgIpc) is 3.21. The van der Waals surface area contributed by atoms with Crippen LogP contribution in [0.5, 0.6) is 0 Å². The Bertz CT molecular complexity index is 921. The van der Waals surface area contributed by atoms with Gasteiger partial charge in [0.25, 0.3) is 0 Å². The molecular formula is C19H25N7O. The van der Waals surface area contributed by atoms with Crippen molar-refractivity contribution in [3.05, 3.63) is 48.2 Å². The first-order chi connectivity index (χ1) is 12.8. The summed E-state index contributed by atoms with van der Waals surface area (Å²) in [5.41, 5.74) is 1.56. The molecule has 3 N–H and O–H groups in total. The summed E-state index contributed by atoms with van der Waals surface area (Å²) >= 11 is 0. The molecule has 0 saturated heterocycles. The Morgan fingerprint density at radius 2 is 1.93 bits per heavy atom. The number of hydrogen-bond acceptors (Lipinski definition) is 4. The first kappa shape index (κ1) is 18.6. The number of rotatable bonds is 4. The number of nitrogens with one attached hydrogen (secondary N) is 3. The zero-order chi connectivity index (χ0) is 19.6. The number of aryl methyl sites for hydroxylation is 1. The molecule has 8 nitrogen and oxygen atoms in total. The third-order valence-electron chi connectivity index (χ3n) is 4.07. The molecule has 2 aromatic heterocycles. The molecule has 27 heavy (non-hydrogen) atoms. The van der Waals surface area contributed by atoms with Crippen LogP contribution in [0, 0.1) is 6.92 Å². The molecule has 0 radical (unpaired) electrons. The summed E-state index contributed by atoms with van der Waals surface area (Å²) in [5.74, 6) is 1.89. The molecule has 8 heteroatoms. The Kier molecular flexibility index (Phi) is 4.98. The van der Waals surface area contributed by atoms with Gasteiger partial charge in [-0.2, -0.15) is 10.2 Å². The minimum Gasteiger partial charge on any atom is -0.328 e. The van der Waals surface area contributed by atoms with Gasteiger partial charge in [-0.05, 0) is 40.2 Å². The molecule has 0 bridgehead atoms. The summed E-state index contributed by atoms with van der Waals surface area (Å²) < 4.78 is 1.82. The topological polar surface area (TPSA) is 101 Å². The largest absolute Gasteiger partial charge is 0.328 e. The minimum atomic E-state index is -0.340. The Morgan fingerprint density at radius 1 is 1.22 bits per heavy atom. The van der Waals surface area contributed by atoms with E-state index in [0.29, 0.717) is 17.5 Å². The minimum absolute atomic E-state index is 0.290. The number of anilines is 1. The molecule has 3 aromatic rings. The summed E-state index contributed by atoms with van der Waals surface area (Å²) in [5, 5.41) is 17.2. The van der Waals surface area contributed by atoms with E-state index in [2.05, 4.69) is 30.9 Å². The van der Waals surface area contributed by atoms with Crippen LogP contribution in [0.1, 0.15) is 45.4 Å². The third kappa shape index (κ3) is 4.16. The van der Waals surface area contributed by atoms with Gasteiger partial charge in [-0.25, -0.2) is 14.5 Å². The van der Waals surface area contributed by atoms with Gasteiger partial charge in [-0.15, -0.1) is 0 Å². The fraction of sp³-hybridized carbons (Fsp3) is 0.368. The van der Waals surface area contributed by atoms with E-state index in [-0.39, 0.29) is 17.6 Å². The summed E-state index contributed by atoms with van der Waals surface area (Å²) in [6, 6.07) is 9.19. The number of aromatic amines is 1. The van der Waals surface area contributed by atoms with E-state index in [4.69, 9.17) is 0 Å². The van der Waals surface area contributed by atoms with E-state index in [0.717, 1.165) is 11.1 Å². The van der Waals surface area contributed by atoms with Crippen LogP contribution in [0.25, 0.3) is 11.1 Å². The monoisotopic (exact) mass is 367 g/mol. The van der Waals surface area contributed by atoms with Crippen molar-refractivity contribution in [2.45, 2.75) is 46.2 Å². The normalized spacial score (nSPS) is 12.6. The lowest BCUT2D eigenvalue weighted by atomic mass is 10.1. The first-order valence-corrected chi connectivity index (χ1v) is 8.86. The van der Waals surface area contributed by atoms with Crippen molar-refractivity contribution in [2.24, 2.45) is 0 Å². The molecule has 0 spiro atoms. The maximum absolute atomic E-state index is 12.6. The number of hydrogen-bond donors (Lipinski definition) is 3. The van der Waals surface area contributed by atoms with Crippen LogP contribution in [0.15, 0.2) is 36.5 Å². The molecule has 142 valence electrons. The summed E-state index contributed by atoms with van der Waals surface area (Å²) in [7, 11) is 0. The number of amides is 2. The Hall–Kier alpha value is -3.16. The number of carbonyl (C=O) groups is 1. The van der Waals surface area contributed by atoms with Crippen molar-refractivity contribution < 1.29 is 4.79 Å². The van der Waals surface area contributed by atoms with Gasteiger partial charge in [0.1, 0.15) is 11.6 Å². The Balaban J connectivity index is 1.86. The molecule has 2 heterocycles. The van der Waals surface area contributed by atoms with Crippen LogP contribution in [0.3, 0.4) is 0 Å². The van der Waals surface area contributed by atoms with Gasteiger partial charge in [0.05, 0.1) is 17.8 Å². The van der Waals surface area contributed by atoms with E-state index in [1.165, 1.54) is 0 Å². The molecule has 0 aliphatic rings. The van der Waals surface area contributed by atoms with Crippen molar-refractivity contribution >= 4 is 11.8 Å². The molecule has 3 rings (SSSR count). The van der Waals surface area contributed by atoms with Gasteiger partial charge in [0.2, 0.25) is 0 Å². The maximum atomic E-state index is 12.6. The molecule has 0 fully saturated rings. The molecule has 0 aliphatic carbocycles. The fourth-order valence-electron chi connectivity index (χ4n) is 2.76. The van der Waals surface area contributed by atoms with Crippen molar-refractivity contribution in [1.82, 2.24) is 30.3 Å². The van der Waals surface area contributed by atoms with Gasteiger partial charge >= 0.3 is 6.03 Å². The lowest BCUT2D eigenvalue weighted by Crippen LogP contribution is -2.34. The smallest absolute Gasteiger partial charge is 0.320 e. The number of H-pyrrole nitrogens is 1. The Labute approximate surface area is 158 Å². The number of aromatic nitrogens is 5. The van der Waals surface area contributed by atoms with E-state index >= 15 is 0 Å². The second-order valence-electron chi connectivity index (χ2n) is 7.45. The zero-order valence-electron chi connectivity index (χ0n) is 16.2. The summed E-state index contributed by atoms with van der Waals surface area (Å²) in [6.45, 7) is 9.77. The van der Waals surface area contributed by atoms with Crippen LogP contribution in [0.4, 0.5) is 10.6 Å². The van der Waals surface area contributed by atoms with Crippen molar-refractivity contribution in [3.8, 4) is 11.1 Å². The van der Waals surface area contributed by atoms with Gasteiger partial charge in [0, 0.05) is 5.56 Å². The number of benzene rings is 1. The second kappa shape index (κ2) is 7.22. The molecular weight excluding hydrogens is 342 g/mol. The van der Waals surface area contributed by atoms with Crippen molar-refractivity contribution in [2.75, 3.05) is 5.32 Å². The summed E-state index contributed by atoms with van der Waals surface area (Å²) in [6.07, 6.45) is 1.78. The predicted molar refractivity (Wildman–Crippen MR) is 104 cm³/mol. The fourth-order valence-corrected chi connectivity index (χ4v) is 2.76. The molecule has 1 aromatic carbocycles. The van der Waals surface area contributed by atoms with E-state index in [9.17, 15) is 4.79 Å². The molecule has 2 amide bonds. The van der Waals surface area contributed by atoms with E-state index in [1.807, 2.05) is 69.6 Å². The first-order valence-electron chi connectivity index (χ1n) is 8.86. The lowest BCUT2D eigenvalue weighted by Gasteiger charge is -2.23. The van der Waals surface area contributed by atoms with Crippen molar-refractivity contribution in [1.29, 1.82) is 0 Å². The summed E-state index contributed by atoms with van der Waals surface area (Å²) in [4.78, 5) is 16.9. The SMILES string of the molecule is Cc1nc([C@@H](C)NC(=O)Nc2c(-c3ccccc3)cnn2C(C)(C)C)n[nH]1. The van der Waals surface area contributed by atoms with Crippen LogP contribution in [-0.4, -0.2) is 31.0 Å². The highest BCUT2D eigenvalue weighted by atomic mass is 16.2. The van der Waals surface area contributed by atoms with E-state index in [1.54, 1.807) is 6.20 Å². The molecule has 1 atom stereocenters. The highest BCUT2D eigenvalue weighted by Gasteiger charge is 2.24. The second-order valence-corrected chi connectivity index (χ2v) is 7.45. The molecule has 0 aliphatic heterocycles. The zero-order valence-corrected chi connectivity index (χ0v) is 16.2. The maximum Gasteiger partial charge on any atom is 0.320 e. The van der Waals surface area contributed by atoms with Crippen molar-refractivity contribution in [3.63, 3.8) is 0 Å². The standard InChI is InChI=1S/C19H25N7O/c1-12(16-22-13(2)24-25-16)21-18(27)23-17-15(14-9-7-6-8-10-14)11-20-26(17)19(3,4)5/h6-12H,1-5H3,(H2,21,23,27)(H,22,24,25)/t12-/m1/s1. The lowest BCUT2D eigenvalue weighted by molar-refractivity contribution is 0.248. The van der Waals surface area contributed by atoms with Crippen LogP contribution < -0.4 is 10.6 Å². The number of carbonyl (C=O) groups excluding carboxylic acids is 1. The van der Waals surface area contributed by atoms with Crippen LogP contribution in [0.2, 0.25) is 0 Å². The highest BCUT2D eigenvalue weighted by Crippen LogP contribution is 2.31. The molecule has 0 unspecified atom stereocenters. The quantitative estimate of drug-likeness (QED) is 0.656. The third-order valence-corrected chi connectivity index (χ3v) is 4.07. The Morgan fingerprint density at radius 3 is 2.52 bits per heavy atom. The highest BCUT2D eigenvalue weighted by molar-refractivity contribution is 5.93. The van der Waals surface area contributed by atoms with Gasteiger partial charge in [-0.1, -0.05) is 30.3 Å². The van der Waals surface area contributed by atoms with Crippen LogP contribution >= 0.6 is 0 Å². The van der Waals surface area contributed by atoms with Gasteiger partial charge in [-0.3, -0.25) is 10.4 Å². The number of urea groups is 1. The van der Waals surface area contributed by atoms with Gasteiger partial charge in [0.15, 0.2) is 5.82 Å². The van der Waals surface area contributed by atoms with E-state index < -0.39 is 0 Å². The average molecular weight is 367 g/mol. The van der Waals surface area contributed by atoms with Gasteiger partial charge < -0.3 is 5.32 Å². The predicted octanol–water partition coefficient (Wildman–Crippen LogP) is 3.61. The van der Waals surface area contributed by atoms with Crippen LogP contribution in [-0.2, 0) is 5.54 Å². The number of nitrogens with zero attached hydrogens (tertiary/aromatic N) is 4. The molecule has 0 saturated carbocycles.